The number of para-hydroxylation sites is 2. The molecule has 1 aromatic carbocycles. The maximum Gasteiger partial charge on any atom is 0.141 e. The van der Waals surface area contributed by atoms with Crippen molar-refractivity contribution in [3.63, 3.8) is 0 Å². The Bertz CT molecular complexity index is 488. The molecule has 0 saturated carbocycles. The SMILES string of the molecule is COc1ccccc1NC(CO)c1cccnc1. The number of anilines is 1. The monoisotopic (exact) mass is 244 g/mol. The van der Waals surface area contributed by atoms with Gasteiger partial charge in [-0.25, -0.2) is 0 Å². The van der Waals surface area contributed by atoms with Gasteiger partial charge >= 0.3 is 0 Å². The van der Waals surface area contributed by atoms with Crippen molar-refractivity contribution >= 4 is 5.69 Å². The summed E-state index contributed by atoms with van der Waals surface area (Å²) in [5.41, 5.74) is 1.79. The van der Waals surface area contributed by atoms with Gasteiger partial charge in [0.1, 0.15) is 5.75 Å². The van der Waals surface area contributed by atoms with Gasteiger partial charge in [-0.3, -0.25) is 4.98 Å². The summed E-state index contributed by atoms with van der Waals surface area (Å²) in [6, 6.07) is 11.2. The Balaban J connectivity index is 2.21. The first-order chi connectivity index (χ1) is 8.85. The van der Waals surface area contributed by atoms with E-state index >= 15 is 0 Å². The van der Waals surface area contributed by atoms with Crippen LogP contribution in [0.1, 0.15) is 11.6 Å². The fraction of sp³-hybridized carbons (Fsp3) is 0.214. The van der Waals surface area contributed by atoms with E-state index in [9.17, 15) is 5.11 Å². The van der Waals surface area contributed by atoms with Crippen molar-refractivity contribution in [2.24, 2.45) is 0 Å². The van der Waals surface area contributed by atoms with Gasteiger partial charge in [-0.05, 0) is 23.8 Å². The lowest BCUT2D eigenvalue weighted by molar-refractivity contribution is 0.276. The van der Waals surface area contributed by atoms with Crippen LogP contribution in [0.2, 0.25) is 0 Å². The molecule has 4 nitrogen and oxygen atoms in total. The van der Waals surface area contributed by atoms with Gasteiger partial charge in [-0.2, -0.15) is 0 Å². The number of pyridine rings is 1. The maximum absolute atomic E-state index is 9.47. The molecule has 1 heterocycles. The molecule has 1 aromatic heterocycles. The molecule has 0 amide bonds. The van der Waals surface area contributed by atoms with Crippen LogP contribution in [-0.2, 0) is 0 Å². The van der Waals surface area contributed by atoms with Gasteiger partial charge in [-0.15, -0.1) is 0 Å². The molecule has 2 N–H and O–H groups in total. The quantitative estimate of drug-likeness (QED) is 0.847. The highest BCUT2D eigenvalue weighted by Crippen LogP contribution is 2.27. The molecule has 0 fully saturated rings. The molecule has 1 atom stereocenters. The lowest BCUT2D eigenvalue weighted by Gasteiger charge is -2.19. The third kappa shape index (κ3) is 2.78. The van der Waals surface area contributed by atoms with E-state index in [0.717, 1.165) is 17.0 Å². The fourth-order valence-electron chi connectivity index (χ4n) is 1.77. The Morgan fingerprint density at radius 2 is 2.11 bits per heavy atom. The Morgan fingerprint density at radius 3 is 2.78 bits per heavy atom. The van der Waals surface area contributed by atoms with Crippen molar-refractivity contribution < 1.29 is 9.84 Å². The number of benzene rings is 1. The molecule has 0 aliphatic carbocycles. The number of methoxy groups -OCH3 is 1. The average Bonchev–Trinajstić information content (AvgIpc) is 2.46. The van der Waals surface area contributed by atoms with E-state index in [1.54, 1.807) is 19.5 Å². The number of nitrogens with one attached hydrogen (secondary N) is 1. The van der Waals surface area contributed by atoms with Crippen LogP contribution in [0, 0.1) is 0 Å². The number of rotatable bonds is 5. The molecule has 1 unspecified atom stereocenters. The highest BCUT2D eigenvalue weighted by atomic mass is 16.5. The minimum atomic E-state index is -0.199. The summed E-state index contributed by atoms with van der Waals surface area (Å²) >= 11 is 0. The maximum atomic E-state index is 9.47. The second-order valence-electron chi connectivity index (χ2n) is 3.87. The zero-order chi connectivity index (χ0) is 12.8. The van der Waals surface area contributed by atoms with E-state index in [0.29, 0.717) is 0 Å². The van der Waals surface area contributed by atoms with Crippen LogP contribution in [0.4, 0.5) is 5.69 Å². The van der Waals surface area contributed by atoms with Crippen molar-refractivity contribution in [1.82, 2.24) is 4.98 Å². The van der Waals surface area contributed by atoms with Crippen molar-refractivity contribution in [3.8, 4) is 5.75 Å². The summed E-state index contributed by atoms with van der Waals surface area (Å²) in [6.07, 6.45) is 3.45. The van der Waals surface area contributed by atoms with E-state index < -0.39 is 0 Å². The molecule has 94 valence electrons. The van der Waals surface area contributed by atoms with E-state index in [1.807, 2.05) is 36.4 Å². The number of aliphatic hydroxyl groups excluding tert-OH is 1. The predicted molar refractivity (Wildman–Crippen MR) is 70.7 cm³/mol. The number of aromatic nitrogens is 1. The van der Waals surface area contributed by atoms with Crippen LogP contribution in [0.3, 0.4) is 0 Å². The van der Waals surface area contributed by atoms with Gasteiger partial charge in [0.2, 0.25) is 0 Å². The normalized spacial score (nSPS) is 11.9. The van der Waals surface area contributed by atoms with Gasteiger partial charge in [-0.1, -0.05) is 18.2 Å². The van der Waals surface area contributed by atoms with E-state index in [-0.39, 0.29) is 12.6 Å². The van der Waals surface area contributed by atoms with Crippen molar-refractivity contribution in [1.29, 1.82) is 0 Å². The summed E-state index contributed by atoms with van der Waals surface area (Å²) in [5, 5.41) is 12.7. The molecule has 18 heavy (non-hydrogen) atoms. The van der Waals surface area contributed by atoms with E-state index in [1.165, 1.54) is 0 Å². The summed E-state index contributed by atoms with van der Waals surface area (Å²) in [6.45, 7) is -0.0102. The van der Waals surface area contributed by atoms with Gasteiger partial charge in [0.25, 0.3) is 0 Å². The van der Waals surface area contributed by atoms with E-state index in [2.05, 4.69) is 10.3 Å². The van der Waals surface area contributed by atoms with Gasteiger partial charge in [0, 0.05) is 12.4 Å². The second kappa shape index (κ2) is 6.02. The van der Waals surface area contributed by atoms with Crippen LogP contribution in [0.15, 0.2) is 48.8 Å². The summed E-state index contributed by atoms with van der Waals surface area (Å²) in [5.74, 6) is 0.750. The molecule has 0 radical (unpaired) electrons. The van der Waals surface area contributed by atoms with E-state index in [4.69, 9.17) is 4.74 Å². The summed E-state index contributed by atoms with van der Waals surface area (Å²) in [7, 11) is 1.62. The Hall–Kier alpha value is -2.07. The molecule has 2 rings (SSSR count). The van der Waals surface area contributed by atoms with Crippen molar-refractivity contribution in [2.45, 2.75) is 6.04 Å². The first-order valence-electron chi connectivity index (χ1n) is 5.75. The van der Waals surface area contributed by atoms with Crippen LogP contribution in [0.25, 0.3) is 0 Å². The van der Waals surface area contributed by atoms with Gasteiger partial charge in [0.15, 0.2) is 0 Å². The minimum absolute atomic E-state index is 0.0102. The number of hydrogen-bond acceptors (Lipinski definition) is 4. The molecule has 0 spiro atoms. The molecule has 2 aromatic rings. The first kappa shape index (κ1) is 12.4. The van der Waals surface area contributed by atoms with Crippen molar-refractivity contribution in [2.75, 3.05) is 19.0 Å². The highest BCUT2D eigenvalue weighted by Gasteiger charge is 2.12. The zero-order valence-corrected chi connectivity index (χ0v) is 10.2. The van der Waals surface area contributed by atoms with Gasteiger partial charge < -0.3 is 15.2 Å². The number of aliphatic hydroxyl groups is 1. The Morgan fingerprint density at radius 1 is 1.28 bits per heavy atom. The molecular weight excluding hydrogens is 228 g/mol. The lowest BCUT2D eigenvalue weighted by atomic mass is 10.1. The van der Waals surface area contributed by atoms with Crippen molar-refractivity contribution in [3.05, 3.63) is 54.4 Å². The lowest BCUT2D eigenvalue weighted by Crippen LogP contribution is -2.15. The number of ether oxygens (including phenoxy) is 1. The molecule has 0 aliphatic rings. The smallest absolute Gasteiger partial charge is 0.141 e. The molecule has 0 bridgehead atoms. The molecule has 4 heteroatoms. The topological polar surface area (TPSA) is 54.4 Å². The Labute approximate surface area is 106 Å². The average molecular weight is 244 g/mol. The zero-order valence-electron chi connectivity index (χ0n) is 10.2. The third-order valence-corrected chi connectivity index (χ3v) is 2.71. The number of nitrogens with zero attached hydrogens (tertiary/aromatic N) is 1. The van der Waals surface area contributed by atoms with Crippen LogP contribution in [-0.4, -0.2) is 23.8 Å². The van der Waals surface area contributed by atoms with Crippen LogP contribution in [0.5, 0.6) is 5.75 Å². The first-order valence-corrected chi connectivity index (χ1v) is 5.75. The van der Waals surface area contributed by atoms with Crippen LogP contribution < -0.4 is 10.1 Å². The summed E-state index contributed by atoms with van der Waals surface area (Å²) < 4.78 is 5.27. The standard InChI is InChI=1S/C14H16N2O2/c1-18-14-7-3-2-6-12(14)16-13(10-17)11-5-4-8-15-9-11/h2-9,13,16-17H,10H2,1H3. The minimum Gasteiger partial charge on any atom is -0.495 e. The van der Waals surface area contributed by atoms with Gasteiger partial charge in [0.05, 0.1) is 25.4 Å². The third-order valence-electron chi connectivity index (χ3n) is 2.71. The highest BCUT2D eigenvalue weighted by molar-refractivity contribution is 5.57. The molecule has 0 saturated heterocycles. The van der Waals surface area contributed by atoms with Crippen LogP contribution >= 0.6 is 0 Å². The largest absolute Gasteiger partial charge is 0.495 e. The molecular formula is C14H16N2O2. The Kier molecular flexibility index (Phi) is 4.15. The summed E-state index contributed by atoms with van der Waals surface area (Å²) in [4.78, 5) is 4.06. The fourth-order valence-corrected chi connectivity index (χ4v) is 1.77. The predicted octanol–water partition coefficient (Wildman–Crippen LogP) is 2.24. The number of hydrogen-bond donors (Lipinski definition) is 2. The second-order valence-corrected chi connectivity index (χ2v) is 3.87. The molecule has 0 aliphatic heterocycles.